The van der Waals surface area contributed by atoms with Crippen molar-refractivity contribution >= 4 is 5.91 Å². The van der Waals surface area contributed by atoms with E-state index in [0.29, 0.717) is 17.8 Å². The van der Waals surface area contributed by atoms with Crippen molar-refractivity contribution in [3.05, 3.63) is 61.1 Å². The summed E-state index contributed by atoms with van der Waals surface area (Å²) >= 11 is 0. The molecule has 3 atom stereocenters. The van der Waals surface area contributed by atoms with E-state index >= 15 is 0 Å². The van der Waals surface area contributed by atoms with E-state index < -0.39 is 6.10 Å². The number of nitrogens with zero attached hydrogens (tertiary/aromatic N) is 5. The van der Waals surface area contributed by atoms with Crippen LogP contribution in [-0.4, -0.2) is 47.5 Å². The first-order valence-corrected chi connectivity index (χ1v) is 8.60. The highest BCUT2D eigenvalue weighted by molar-refractivity contribution is 5.94. The molecule has 3 aromatic rings. The Morgan fingerprint density at radius 3 is 2.88 bits per heavy atom. The Morgan fingerprint density at radius 2 is 2.19 bits per heavy atom. The zero-order valence-corrected chi connectivity index (χ0v) is 14.1. The van der Waals surface area contributed by atoms with Crippen molar-refractivity contribution < 1.29 is 9.90 Å². The SMILES string of the molecule is O=C(N[C@@H]1CC(Cn2cccn2)C[C@H]1O)c1ccc(-n2ccnc2)nc1. The van der Waals surface area contributed by atoms with Gasteiger partial charge in [0.1, 0.15) is 12.1 Å². The van der Waals surface area contributed by atoms with Crippen LogP contribution in [0.4, 0.5) is 0 Å². The molecule has 8 heteroatoms. The summed E-state index contributed by atoms with van der Waals surface area (Å²) in [5.74, 6) is 0.759. The Morgan fingerprint density at radius 1 is 1.27 bits per heavy atom. The van der Waals surface area contributed by atoms with Crippen LogP contribution in [0.25, 0.3) is 5.82 Å². The second-order valence-electron chi connectivity index (χ2n) is 6.59. The van der Waals surface area contributed by atoms with E-state index in [4.69, 9.17) is 0 Å². The highest BCUT2D eigenvalue weighted by Gasteiger charge is 2.34. The Hall–Kier alpha value is -3.00. The van der Waals surface area contributed by atoms with Crippen LogP contribution >= 0.6 is 0 Å². The largest absolute Gasteiger partial charge is 0.391 e. The van der Waals surface area contributed by atoms with Crippen molar-refractivity contribution in [2.75, 3.05) is 0 Å². The molecule has 1 aliphatic rings. The molecule has 1 fully saturated rings. The third kappa shape index (κ3) is 3.50. The monoisotopic (exact) mass is 352 g/mol. The van der Waals surface area contributed by atoms with Gasteiger partial charge in [0.25, 0.3) is 5.91 Å². The van der Waals surface area contributed by atoms with Crippen molar-refractivity contribution in [2.45, 2.75) is 31.5 Å². The number of pyridine rings is 1. The molecule has 0 radical (unpaired) electrons. The molecule has 1 saturated carbocycles. The van der Waals surface area contributed by atoms with Gasteiger partial charge in [-0.3, -0.25) is 14.0 Å². The molecule has 0 aromatic carbocycles. The van der Waals surface area contributed by atoms with Crippen molar-refractivity contribution in [1.29, 1.82) is 0 Å². The van der Waals surface area contributed by atoms with Crippen molar-refractivity contribution in [2.24, 2.45) is 5.92 Å². The lowest BCUT2D eigenvalue weighted by Gasteiger charge is -2.16. The third-order valence-corrected chi connectivity index (χ3v) is 4.73. The lowest BCUT2D eigenvalue weighted by atomic mass is 10.1. The predicted octanol–water partition coefficient (Wildman–Crippen LogP) is 1.03. The molecule has 4 rings (SSSR count). The molecule has 0 saturated heterocycles. The summed E-state index contributed by atoms with van der Waals surface area (Å²) in [7, 11) is 0. The van der Waals surface area contributed by atoms with Gasteiger partial charge in [-0.05, 0) is 37.0 Å². The summed E-state index contributed by atoms with van der Waals surface area (Å²) in [4.78, 5) is 20.7. The zero-order chi connectivity index (χ0) is 17.9. The number of nitrogens with one attached hydrogen (secondary N) is 1. The van der Waals surface area contributed by atoms with Crippen LogP contribution in [-0.2, 0) is 6.54 Å². The van der Waals surface area contributed by atoms with E-state index in [2.05, 4.69) is 20.4 Å². The van der Waals surface area contributed by atoms with Crippen molar-refractivity contribution in [1.82, 2.24) is 29.6 Å². The van der Waals surface area contributed by atoms with Crippen LogP contribution in [0.1, 0.15) is 23.2 Å². The fourth-order valence-corrected chi connectivity index (χ4v) is 3.41. The number of hydrogen-bond acceptors (Lipinski definition) is 5. The smallest absolute Gasteiger partial charge is 0.253 e. The minimum absolute atomic E-state index is 0.224. The summed E-state index contributed by atoms with van der Waals surface area (Å²) < 4.78 is 3.63. The summed E-state index contributed by atoms with van der Waals surface area (Å²) in [6.07, 6.45) is 11.1. The van der Waals surface area contributed by atoms with Crippen LogP contribution < -0.4 is 5.32 Å². The number of imidazole rings is 1. The molecule has 134 valence electrons. The van der Waals surface area contributed by atoms with Crippen LogP contribution in [0.3, 0.4) is 0 Å². The second kappa shape index (κ2) is 7.09. The predicted molar refractivity (Wildman–Crippen MR) is 93.6 cm³/mol. The minimum Gasteiger partial charge on any atom is -0.391 e. The molecule has 0 bridgehead atoms. The first-order valence-electron chi connectivity index (χ1n) is 8.60. The number of amides is 1. The number of carbonyl (C=O) groups is 1. The summed E-state index contributed by atoms with van der Waals surface area (Å²) in [5, 5.41) is 17.4. The number of rotatable bonds is 5. The number of hydrogen-bond donors (Lipinski definition) is 2. The van der Waals surface area contributed by atoms with E-state index in [1.54, 1.807) is 41.6 Å². The molecular formula is C18H20N6O2. The summed E-state index contributed by atoms with van der Waals surface area (Å²) in [6.45, 7) is 0.748. The van der Waals surface area contributed by atoms with Gasteiger partial charge in [0.15, 0.2) is 0 Å². The van der Waals surface area contributed by atoms with Crippen molar-refractivity contribution in [3.63, 3.8) is 0 Å². The molecule has 1 amide bonds. The summed E-state index contributed by atoms with van der Waals surface area (Å²) in [6, 6.07) is 5.12. The van der Waals surface area contributed by atoms with Gasteiger partial charge in [-0.15, -0.1) is 0 Å². The molecule has 8 nitrogen and oxygen atoms in total. The van der Waals surface area contributed by atoms with Gasteiger partial charge in [-0.25, -0.2) is 9.97 Å². The quantitative estimate of drug-likeness (QED) is 0.715. The Bertz CT molecular complexity index is 844. The zero-order valence-electron chi connectivity index (χ0n) is 14.1. The van der Waals surface area contributed by atoms with Gasteiger partial charge in [-0.2, -0.15) is 5.10 Å². The minimum atomic E-state index is -0.544. The van der Waals surface area contributed by atoms with E-state index in [-0.39, 0.29) is 17.9 Å². The highest BCUT2D eigenvalue weighted by Crippen LogP contribution is 2.27. The first kappa shape index (κ1) is 16.5. The molecular weight excluding hydrogens is 332 g/mol. The maximum Gasteiger partial charge on any atom is 0.253 e. The number of aliphatic hydroxyl groups excluding tert-OH is 1. The standard InChI is InChI=1S/C18H20N6O2/c25-16-9-13(11-24-6-1-4-21-24)8-15(16)22-18(26)14-2-3-17(20-10-14)23-7-5-19-12-23/h1-7,10,12-13,15-16,25H,8-9,11H2,(H,22,26)/t13?,15-,16-/m1/s1. The van der Waals surface area contributed by atoms with Crippen LogP contribution in [0.5, 0.6) is 0 Å². The average Bonchev–Trinajstić information content (AvgIpc) is 3.39. The highest BCUT2D eigenvalue weighted by atomic mass is 16.3. The molecule has 26 heavy (non-hydrogen) atoms. The topological polar surface area (TPSA) is 97.9 Å². The molecule has 3 aromatic heterocycles. The van der Waals surface area contributed by atoms with Crippen molar-refractivity contribution in [3.8, 4) is 5.82 Å². The van der Waals surface area contributed by atoms with Gasteiger partial charge >= 0.3 is 0 Å². The van der Waals surface area contributed by atoms with Crippen LogP contribution in [0.15, 0.2) is 55.5 Å². The normalized spacial score (nSPS) is 22.4. The molecule has 1 aliphatic carbocycles. The van der Waals surface area contributed by atoms with Gasteiger partial charge < -0.3 is 10.4 Å². The van der Waals surface area contributed by atoms with Gasteiger partial charge in [-0.1, -0.05) is 0 Å². The number of carbonyl (C=O) groups excluding carboxylic acids is 1. The first-order chi connectivity index (χ1) is 12.7. The van der Waals surface area contributed by atoms with Crippen LogP contribution in [0.2, 0.25) is 0 Å². The van der Waals surface area contributed by atoms with Gasteiger partial charge in [0.2, 0.25) is 0 Å². The van der Waals surface area contributed by atoms with Gasteiger partial charge in [0, 0.05) is 37.5 Å². The fourth-order valence-electron chi connectivity index (χ4n) is 3.41. The Kier molecular flexibility index (Phi) is 4.49. The fraction of sp³-hybridized carbons (Fsp3) is 0.333. The van der Waals surface area contributed by atoms with E-state index in [1.807, 2.05) is 16.9 Å². The van der Waals surface area contributed by atoms with E-state index in [0.717, 1.165) is 13.0 Å². The Balaban J connectivity index is 1.37. The van der Waals surface area contributed by atoms with E-state index in [1.165, 1.54) is 6.20 Å². The van der Waals surface area contributed by atoms with Crippen LogP contribution in [0, 0.1) is 5.92 Å². The molecule has 0 spiro atoms. The maximum absolute atomic E-state index is 12.5. The average molecular weight is 352 g/mol. The third-order valence-electron chi connectivity index (χ3n) is 4.73. The maximum atomic E-state index is 12.5. The molecule has 3 heterocycles. The number of aromatic nitrogens is 5. The van der Waals surface area contributed by atoms with Gasteiger partial charge in [0.05, 0.1) is 17.7 Å². The molecule has 1 unspecified atom stereocenters. The lowest BCUT2D eigenvalue weighted by molar-refractivity contribution is 0.0872. The molecule has 2 N–H and O–H groups in total. The Labute approximate surface area is 150 Å². The second-order valence-corrected chi connectivity index (χ2v) is 6.59. The van der Waals surface area contributed by atoms with E-state index in [9.17, 15) is 9.90 Å². The number of aliphatic hydroxyl groups is 1. The lowest BCUT2D eigenvalue weighted by Crippen LogP contribution is -2.40. The summed E-state index contributed by atoms with van der Waals surface area (Å²) in [5.41, 5.74) is 0.469. The molecule has 0 aliphatic heterocycles.